The first-order valence-corrected chi connectivity index (χ1v) is 12.5. The van der Waals surface area contributed by atoms with Gasteiger partial charge in [-0.1, -0.05) is 35.5 Å². The van der Waals surface area contributed by atoms with Gasteiger partial charge in [0.25, 0.3) is 0 Å². The Morgan fingerprint density at radius 1 is 1.14 bits per heavy atom. The molecule has 1 aliphatic rings. The maximum atomic E-state index is 15.1. The number of hydrogen-bond donors (Lipinski definition) is 2. The predicted octanol–water partition coefficient (Wildman–Crippen LogP) is 4.75. The number of carbonyl (C=O) groups is 2. The summed E-state index contributed by atoms with van der Waals surface area (Å²) in [5.41, 5.74) is 3.35. The molecule has 1 aromatic heterocycles. The van der Waals surface area contributed by atoms with Crippen LogP contribution in [0.2, 0.25) is 0 Å². The third-order valence-corrected chi connectivity index (χ3v) is 6.89. The van der Waals surface area contributed by atoms with E-state index in [1.807, 2.05) is 42.2 Å². The van der Waals surface area contributed by atoms with Crippen LogP contribution < -0.4 is 15.5 Å². The molecule has 1 unspecified atom stereocenters. The van der Waals surface area contributed by atoms with E-state index >= 15 is 4.39 Å². The summed E-state index contributed by atoms with van der Waals surface area (Å²) < 4.78 is 20.2. The zero-order chi connectivity index (χ0) is 25.7. The van der Waals surface area contributed by atoms with Crippen molar-refractivity contribution in [2.75, 3.05) is 29.9 Å². The molecule has 190 valence electrons. The highest BCUT2D eigenvalue weighted by Crippen LogP contribution is 2.35. The van der Waals surface area contributed by atoms with Gasteiger partial charge in [0.2, 0.25) is 11.8 Å². The Bertz CT molecular complexity index is 1180. The Balaban J connectivity index is 1.39. The largest absolute Gasteiger partial charge is 0.369 e. The summed E-state index contributed by atoms with van der Waals surface area (Å²) in [6, 6.07) is 14.7. The minimum absolute atomic E-state index is 0.0463. The van der Waals surface area contributed by atoms with Gasteiger partial charge < -0.3 is 20.1 Å². The average molecular weight is 493 g/mol. The van der Waals surface area contributed by atoms with Crippen molar-refractivity contribution >= 4 is 23.2 Å². The van der Waals surface area contributed by atoms with Crippen LogP contribution in [0.1, 0.15) is 48.3 Å². The third-order valence-electron chi connectivity index (χ3n) is 6.89. The molecule has 8 heteroatoms. The van der Waals surface area contributed by atoms with Gasteiger partial charge in [-0.3, -0.25) is 9.59 Å². The zero-order valence-electron chi connectivity index (χ0n) is 21.0. The number of piperidine rings is 1. The monoisotopic (exact) mass is 492 g/mol. The van der Waals surface area contributed by atoms with Crippen LogP contribution in [0, 0.1) is 25.6 Å². The Labute approximate surface area is 211 Å². The molecule has 4 rings (SSSR count). The number of amides is 2. The van der Waals surface area contributed by atoms with Crippen molar-refractivity contribution in [1.82, 2.24) is 10.5 Å². The predicted molar refractivity (Wildman–Crippen MR) is 138 cm³/mol. The lowest BCUT2D eigenvalue weighted by atomic mass is 9.79. The fraction of sp³-hybridized carbons (Fsp3) is 0.393. The minimum atomic E-state index is -0.382. The van der Waals surface area contributed by atoms with E-state index in [2.05, 4.69) is 15.8 Å². The highest BCUT2D eigenvalue weighted by Gasteiger charge is 2.33. The number of aromatic nitrogens is 1. The number of likely N-dealkylation sites (N-methyl/N-ethyl adjacent to an activating group) is 1. The number of carbonyl (C=O) groups excluding carboxylic acids is 2. The van der Waals surface area contributed by atoms with Gasteiger partial charge in [0.1, 0.15) is 11.6 Å². The summed E-state index contributed by atoms with van der Waals surface area (Å²) in [6.45, 7) is 7.37. The maximum Gasteiger partial charge on any atom is 0.229 e. The van der Waals surface area contributed by atoms with Crippen molar-refractivity contribution in [3.63, 3.8) is 0 Å². The van der Waals surface area contributed by atoms with Crippen LogP contribution in [-0.4, -0.2) is 36.6 Å². The molecule has 1 fully saturated rings. The van der Waals surface area contributed by atoms with Gasteiger partial charge in [0.15, 0.2) is 0 Å². The van der Waals surface area contributed by atoms with E-state index in [1.54, 1.807) is 26.0 Å². The SMILES string of the molecule is CCNC(=O)C(c1ccccc1)C1CCN(c2ccc(NC(=O)Cc3c(C)noc3C)cc2F)CC1. The summed E-state index contributed by atoms with van der Waals surface area (Å²) in [5, 5.41) is 9.60. The number of hydrogen-bond acceptors (Lipinski definition) is 5. The quantitative estimate of drug-likeness (QED) is 0.474. The van der Waals surface area contributed by atoms with Crippen molar-refractivity contribution in [2.24, 2.45) is 5.92 Å². The van der Waals surface area contributed by atoms with Crippen molar-refractivity contribution < 1.29 is 18.5 Å². The van der Waals surface area contributed by atoms with Gasteiger partial charge in [-0.25, -0.2) is 4.39 Å². The molecule has 3 aromatic rings. The average Bonchev–Trinajstić information content (AvgIpc) is 3.18. The Morgan fingerprint density at radius 2 is 1.86 bits per heavy atom. The van der Waals surface area contributed by atoms with Crippen LogP contribution in [0.5, 0.6) is 0 Å². The van der Waals surface area contributed by atoms with Crippen molar-refractivity contribution in [3.05, 3.63) is 76.9 Å². The van der Waals surface area contributed by atoms with Crippen molar-refractivity contribution in [2.45, 2.75) is 46.0 Å². The molecule has 0 saturated carbocycles. The molecule has 0 bridgehead atoms. The number of aryl methyl sites for hydroxylation is 2. The second kappa shape index (κ2) is 11.4. The van der Waals surface area contributed by atoms with Crippen LogP contribution in [0.3, 0.4) is 0 Å². The Hall–Kier alpha value is -3.68. The van der Waals surface area contributed by atoms with Gasteiger partial charge in [-0.2, -0.15) is 0 Å². The number of halogens is 1. The molecule has 1 atom stereocenters. The smallest absolute Gasteiger partial charge is 0.229 e. The van der Waals surface area contributed by atoms with Crippen LogP contribution in [0.4, 0.5) is 15.8 Å². The highest BCUT2D eigenvalue weighted by molar-refractivity contribution is 5.92. The summed E-state index contributed by atoms with van der Waals surface area (Å²) >= 11 is 0. The minimum Gasteiger partial charge on any atom is -0.369 e. The fourth-order valence-electron chi connectivity index (χ4n) is 5.02. The fourth-order valence-corrected chi connectivity index (χ4v) is 5.02. The lowest BCUT2D eigenvalue weighted by molar-refractivity contribution is -0.124. The van der Waals surface area contributed by atoms with Crippen LogP contribution in [0.25, 0.3) is 0 Å². The zero-order valence-corrected chi connectivity index (χ0v) is 21.0. The third kappa shape index (κ3) is 5.75. The number of rotatable bonds is 8. The van der Waals surface area contributed by atoms with Crippen molar-refractivity contribution in [3.8, 4) is 0 Å². The molecule has 2 amide bonds. The normalized spacial score (nSPS) is 14.9. The number of benzene rings is 2. The highest BCUT2D eigenvalue weighted by atomic mass is 19.1. The summed E-state index contributed by atoms with van der Waals surface area (Å²) in [5.74, 6) is -0.0181. The summed E-state index contributed by atoms with van der Waals surface area (Å²) in [6.07, 6.45) is 1.68. The maximum absolute atomic E-state index is 15.1. The van der Waals surface area contributed by atoms with E-state index < -0.39 is 0 Å². The van der Waals surface area contributed by atoms with Gasteiger partial charge in [-0.15, -0.1) is 0 Å². The second-order valence-electron chi connectivity index (χ2n) is 9.30. The van der Waals surface area contributed by atoms with Gasteiger partial charge in [0.05, 0.1) is 23.7 Å². The molecule has 0 radical (unpaired) electrons. The van der Waals surface area contributed by atoms with Crippen LogP contribution >= 0.6 is 0 Å². The first kappa shape index (κ1) is 25.4. The molecule has 0 aliphatic carbocycles. The Morgan fingerprint density at radius 3 is 2.47 bits per heavy atom. The standard InChI is InChI=1S/C28H33FN4O3/c1-4-30-28(35)27(20-8-6-5-7-9-20)21-12-14-33(15-13-21)25-11-10-22(16-24(25)29)31-26(34)17-23-18(2)32-36-19(23)3/h5-11,16,21,27H,4,12-15,17H2,1-3H3,(H,30,35)(H,31,34). The van der Waals surface area contributed by atoms with E-state index in [4.69, 9.17) is 4.52 Å². The summed E-state index contributed by atoms with van der Waals surface area (Å²) in [4.78, 5) is 27.4. The second-order valence-corrected chi connectivity index (χ2v) is 9.30. The van der Waals surface area contributed by atoms with E-state index in [0.29, 0.717) is 42.5 Å². The van der Waals surface area contributed by atoms with Gasteiger partial charge in [-0.05, 0) is 63.3 Å². The molecular formula is C28H33FN4O3. The van der Waals surface area contributed by atoms with E-state index in [-0.39, 0.29) is 35.9 Å². The number of nitrogens with one attached hydrogen (secondary N) is 2. The van der Waals surface area contributed by atoms with E-state index in [9.17, 15) is 9.59 Å². The molecule has 36 heavy (non-hydrogen) atoms. The van der Waals surface area contributed by atoms with E-state index in [1.165, 1.54) is 6.07 Å². The first-order chi connectivity index (χ1) is 17.4. The number of anilines is 2. The summed E-state index contributed by atoms with van der Waals surface area (Å²) in [7, 11) is 0. The molecular weight excluding hydrogens is 459 g/mol. The van der Waals surface area contributed by atoms with Gasteiger partial charge in [0, 0.05) is 30.9 Å². The molecule has 1 aliphatic heterocycles. The van der Waals surface area contributed by atoms with Crippen LogP contribution in [0.15, 0.2) is 53.1 Å². The molecule has 0 spiro atoms. The molecule has 2 heterocycles. The molecule has 2 aromatic carbocycles. The molecule has 2 N–H and O–H groups in total. The van der Waals surface area contributed by atoms with Crippen LogP contribution in [-0.2, 0) is 16.0 Å². The molecule has 1 saturated heterocycles. The lowest BCUT2D eigenvalue weighted by Crippen LogP contribution is -2.40. The van der Waals surface area contributed by atoms with E-state index in [0.717, 1.165) is 24.0 Å². The topological polar surface area (TPSA) is 87.5 Å². The Kier molecular flexibility index (Phi) is 8.03. The lowest BCUT2D eigenvalue weighted by Gasteiger charge is -2.37. The first-order valence-electron chi connectivity index (χ1n) is 12.5. The van der Waals surface area contributed by atoms with Crippen molar-refractivity contribution in [1.29, 1.82) is 0 Å². The number of nitrogens with zero attached hydrogens (tertiary/aromatic N) is 2. The molecule has 7 nitrogen and oxygen atoms in total. The van der Waals surface area contributed by atoms with Gasteiger partial charge >= 0.3 is 0 Å².